The first kappa shape index (κ1) is 19.9. The van der Waals surface area contributed by atoms with Gasteiger partial charge in [-0.05, 0) is 36.3 Å². The minimum atomic E-state index is -0.342. The highest BCUT2D eigenvalue weighted by atomic mass is 32.1. The van der Waals surface area contributed by atoms with Crippen molar-refractivity contribution in [2.75, 3.05) is 13.2 Å². The lowest BCUT2D eigenvalue weighted by molar-refractivity contribution is 0.0972. The molecule has 1 amide bonds. The first-order chi connectivity index (χ1) is 12.6. The number of benzene rings is 2. The smallest absolute Gasteiger partial charge is 0.261 e. The van der Waals surface area contributed by atoms with E-state index in [4.69, 9.17) is 17.0 Å². The highest BCUT2D eigenvalue weighted by molar-refractivity contribution is 7.80. The van der Waals surface area contributed by atoms with Gasteiger partial charge in [-0.3, -0.25) is 10.1 Å². The first-order valence-electron chi connectivity index (χ1n) is 8.62. The van der Waals surface area contributed by atoms with Crippen LogP contribution in [0.25, 0.3) is 0 Å². The number of nitrogens with one attached hydrogen (secondary N) is 2. The van der Waals surface area contributed by atoms with Crippen LogP contribution in [0.1, 0.15) is 29.3 Å². The van der Waals surface area contributed by atoms with Crippen molar-refractivity contribution in [1.29, 1.82) is 0 Å². The zero-order valence-electron chi connectivity index (χ0n) is 14.8. The molecule has 0 aliphatic rings. The Balaban J connectivity index is 1.94. The molecule has 0 aromatic heterocycles. The molecule has 0 spiro atoms. The van der Waals surface area contributed by atoms with E-state index in [1.807, 2.05) is 43.3 Å². The number of para-hydroxylation sites is 1. The summed E-state index contributed by atoms with van der Waals surface area (Å²) in [6.45, 7) is 2.35. The minimum absolute atomic E-state index is 0.0499. The third-order valence-electron chi connectivity index (χ3n) is 3.90. The summed E-state index contributed by atoms with van der Waals surface area (Å²) in [5.41, 5.74) is 1.59. The van der Waals surface area contributed by atoms with Crippen LogP contribution < -0.4 is 15.4 Å². The number of carbonyl (C=O) groups excluding carboxylic acids is 1. The second-order valence-electron chi connectivity index (χ2n) is 5.80. The quantitative estimate of drug-likeness (QED) is 0.622. The third kappa shape index (κ3) is 6.13. The van der Waals surface area contributed by atoms with Crippen molar-refractivity contribution in [2.24, 2.45) is 0 Å². The summed E-state index contributed by atoms with van der Waals surface area (Å²) in [5.74, 6) is 0.170. The standard InChI is InChI=1S/C20H24N2O3S/c1-2-16(14-23)21-20(26)22-19(24)17-10-6-7-11-18(17)25-13-12-15-8-4-3-5-9-15/h3-11,16,23H,2,12-14H2,1H3,(H2,21,22,24,26). The Bertz CT molecular complexity index is 718. The maximum atomic E-state index is 12.5. The molecule has 2 aromatic rings. The van der Waals surface area contributed by atoms with Crippen LogP contribution in [0.15, 0.2) is 54.6 Å². The van der Waals surface area contributed by atoms with Gasteiger partial charge in [0, 0.05) is 6.42 Å². The lowest BCUT2D eigenvalue weighted by atomic mass is 10.1. The van der Waals surface area contributed by atoms with Crippen molar-refractivity contribution in [3.63, 3.8) is 0 Å². The molecule has 138 valence electrons. The number of ether oxygens (including phenoxy) is 1. The number of hydrogen-bond donors (Lipinski definition) is 3. The number of rotatable bonds is 8. The lowest BCUT2D eigenvalue weighted by Gasteiger charge is -2.17. The average Bonchev–Trinajstić information content (AvgIpc) is 2.67. The van der Waals surface area contributed by atoms with Crippen LogP contribution in [-0.4, -0.2) is 35.4 Å². The number of thiocarbonyl (C=S) groups is 1. The van der Waals surface area contributed by atoms with Crippen molar-refractivity contribution < 1.29 is 14.6 Å². The lowest BCUT2D eigenvalue weighted by Crippen LogP contribution is -2.45. The molecule has 26 heavy (non-hydrogen) atoms. The molecule has 1 atom stereocenters. The molecule has 0 aliphatic carbocycles. The Kier molecular flexibility index (Phi) is 8.05. The maximum absolute atomic E-state index is 12.5. The van der Waals surface area contributed by atoms with Gasteiger partial charge in [0.15, 0.2) is 5.11 Å². The molecule has 0 saturated heterocycles. The van der Waals surface area contributed by atoms with Crippen LogP contribution in [0.4, 0.5) is 0 Å². The SMILES string of the molecule is CCC(CO)NC(=S)NC(=O)c1ccccc1OCCc1ccccc1. The fourth-order valence-electron chi connectivity index (χ4n) is 2.37. The monoisotopic (exact) mass is 372 g/mol. The molecular weight excluding hydrogens is 348 g/mol. The molecule has 2 rings (SSSR count). The fraction of sp³-hybridized carbons (Fsp3) is 0.300. The number of hydrogen-bond acceptors (Lipinski definition) is 4. The van der Waals surface area contributed by atoms with E-state index >= 15 is 0 Å². The van der Waals surface area contributed by atoms with Crippen molar-refractivity contribution >= 4 is 23.2 Å². The van der Waals surface area contributed by atoms with Gasteiger partial charge < -0.3 is 15.2 Å². The minimum Gasteiger partial charge on any atom is -0.492 e. The Morgan fingerprint density at radius 3 is 2.54 bits per heavy atom. The van der Waals surface area contributed by atoms with Crippen molar-refractivity contribution in [2.45, 2.75) is 25.8 Å². The molecule has 1 unspecified atom stereocenters. The number of carbonyl (C=O) groups is 1. The number of amides is 1. The van der Waals surface area contributed by atoms with E-state index in [-0.39, 0.29) is 23.7 Å². The van der Waals surface area contributed by atoms with E-state index in [1.165, 1.54) is 5.56 Å². The topological polar surface area (TPSA) is 70.6 Å². The molecule has 5 nitrogen and oxygen atoms in total. The summed E-state index contributed by atoms with van der Waals surface area (Å²) < 4.78 is 5.80. The largest absolute Gasteiger partial charge is 0.492 e. The second kappa shape index (κ2) is 10.5. The second-order valence-corrected chi connectivity index (χ2v) is 6.20. The molecule has 6 heteroatoms. The maximum Gasteiger partial charge on any atom is 0.261 e. The normalized spacial score (nSPS) is 11.5. The predicted molar refractivity (Wildman–Crippen MR) is 106 cm³/mol. The van der Waals surface area contributed by atoms with Crippen molar-refractivity contribution in [3.8, 4) is 5.75 Å². The van der Waals surface area contributed by atoms with Gasteiger partial charge in [-0.1, -0.05) is 49.4 Å². The van der Waals surface area contributed by atoms with Gasteiger partial charge in [0.25, 0.3) is 5.91 Å². The zero-order chi connectivity index (χ0) is 18.8. The van der Waals surface area contributed by atoms with Crippen LogP contribution in [0.5, 0.6) is 5.75 Å². The van der Waals surface area contributed by atoms with Crippen LogP contribution >= 0.6 is 12.2 Å². The average molecular weight is 372 g/mol. The summed E-state index contributed by atoms with van der Waals surface area (Å²) in [6.07, 6.45) is 1.46. The molecule has 0 radical (unpaired) electrons. The van der Waals surface area contributed by atoms with Gasteiger partial charge in [0.2, 0.25) is 0 Å². The van der Waals surface area contributed by atoms with Crippen LogP contribution in [0, 0.1) is 0 Å². The van der Waals surface area contributed by atoms with E-state index in [1.54, 1.807) is 18.2 Å². The van der Waals surface area contributed by atoms with Crippen molar-refractivity contribution in [1.82, 2.24) is 10.6 Å². The van der Waals surface area contributed by atoms with E-state index < -0.39 is 0 Å². The van der Waals surface area contributed by atoms with Crippen LogP contribution in [0.2, 0.25) is 0 Å². The Morgan fingerprint density at radius 1 is 1.15 bits per heavy atom. The molecule has 0 aliphatic heterocycles. The first-order valence-corrected chi connectivity index (χ1v) is 9.03. The van der Waals surface area contributed by atoms with Crippen molar-refractivity contribution in [3.05, 3.63) is 65.7 Å². The number of aliphatic hydroxyl groups is 1. The summed E-state index contributed by atoms with van der Waals surface area (Å²) in [5, 5.41) is 14.9. The van der Waals surface area contributed by atoms with E-state index in [0.29, 0.717) is 24.3 Å². The molecular formula is C20H24N2O3S. The van der Waals surface area contributed by atoms with Crippen LogP contribution in [0.3, 0.4) is 0 Å². The molecule has 3 N–H and O–H groups in total. The summed E-state index contributed by atoms with van der Waals surface area (Å²) in [4.78, 5) is 12.5. The highest BCUT2D eigenvalue weighted by Crippen LogP contribution is 2.18. The number of aliphatic hydroxyl groups excluding tert-OH is 1. The van der Waals surface area contributed by atoms with Gasteiger partial charge in [-0.25, -0.2) is 0 Å². The Morgan fingerprint density at radius 2 is 1.85 bits per heavy atom. The Hall–Kier alpha value is -2.44. The molecule has 2 aromatic carbocycles. The third-order valence-corrected chi connectivity index (χ3v) is 4.12. The fourth-order valence-corrected chi connectivity index (χ4v) is 2.63. The highest BCUT2D eigenvalue weighted by Gasteiger charge is 2.15. The van der Waals surface area contributed by atoms with E-state index in [9.17, 15) is 9.90 Å². The van der Waals surface area contributed by atoms with Crippen LogP contribution in [-0.2, 0) is 6.42 Å². The van der Waals surface area contributed by atoms with Gasteiger partial charge in [0.05, 0.1) is 24.8 Å². The van der Waals surface area contributed by atoms with E-state index in [0.717, 1.165) is 6.42 Å². The Labute approximate surface area is 159 Å². The summed E-state index contributed by atoms with van der Waals surface area (Å²) in [6, 6.07) is 16.9. The van der Waals surface area contributed by atoms with Gasteiger partial charge in [-0.15, -0.1) is 0 Å². The summed E-state index contributed by atoms with van der Waals surface area (Å²) in [7, 11) is 0. The predicted octanol–water partition coefficient (Wildman–Crippen LogP) is 2.68. The molecule has 0 bridgehead atoms. The van der Waals surface area contributed by atoms with Gasteiger partial charge in [-0.2, -0.15) is 0 Å². The molecule has 0 fully saturated rings. The van der Waals surface area contributed by atoms with Gasteiger partial charge >= 0.3 is 0 Å². The molecule has 0 saturated carbocycles. The van der Waals surface area contributed by atoms with Gasteiger partial charge in [0.1, 0.15) is 5.75 Å². The molecule has 0 heterocycles. The summed E-state index contributed by atoms with van der Waals surface area (Å²) >= 11 is 5.14. The van der Waals surface area contributed by atoms with E-state index in [2.05, 4.69) is 10.6 Å². The zero-order valence-corrected chi connectivity index (χ0v) is 15.6.